The Morgan fingerprint density at radius 1 is 1.42 bits per heavy atom. The van der Waals surface area contributed by atoms with E-state index in [0.29, 0.717) is 18.4 Å². The van der Waals surface area contributed by atoms with Crippen LogP contribution < -0.4 is 4.72 Å². The predicted octanol–water partition coefficient (Wildman–Crippen LogP) is 1.84. The molecule has 1 N–H and O–H groups in total. The van der Waals surface area contributed by atoms with Crippen molar-refractivity contribution in [2.45, 2.75) is 44.4 Å². The van der Waals surface area contributed by atoms with Gasteiger partial charge in [0, 0.05) is 47.8 Å². The van der Waals surface area contributed by atoms with Crippen LogP contribution in [0.1, 0.15) is 29.5 Å². The van der Waals surface area contributed by atoms with Crippen molar-refractivity contribution >= 4 is 21.4 Å². The van der Waals surface area contributed by atoms with Crippen LogP contribution in [-0.2, 0) is 27.7 Å². The van der Waals surface area contributed by atoms with Crippen molar-refractivity contribution in [3.63, 3.8) is 0 Å². The second kappa shape index (κ2) is 6.06. The summed E-state index contributed by atoms with van der Waals surface area (Å²) in [7, 11) is -3.14. The van der Waals surface area contributed by atoms with Crippen molar-refractivity contribution in [2.24, 2.45) is 11.8 Å². The van der Waals surface area contributed by atoms with Crippen LogP contribution in [0.3, 0.4) is 0 Å². The third-order valence-electron chi connectivity index (χ3n) is 5.88. The number of hydrogen-bond acceptors (Lipinski definition) is 5. The number of aryl methyl sites for hydroxylation is 1. The van der Waals surface area contributed by atoms with Crippen LogP contribution in [0, 0.1) is 11.8 Å². The molecule has 0 aliphatic carbocycles. The Morgan fingerprint density at radius 2 is 2.21 bits per heavy atom. The molecule has 0 saturated carbocycles. The van der Waals surface area contributed by atoms with Crippen molar-refractivity contribution in [1.29, 1.82) is 0 Å². The lowest BCUT2D eigenvalue weighted by atomic mass is 9.74. The van der Waals surface area contributed by atoms with E-state index in [1.807, 2.05) is 11.3 Å². The standard InChI is InChI=1S/C17H26N2O3S2/c1-3-12-4-5-13(23-12)9-19-10-15-14(8-18-24(2,20)21)16-6-7-17(15,11-19)22-16/h4-5,14-16,18H,3,6-11H2,1-2H3/t14-,15+,16+,17+/m0/s1. The minimum Gasteiger partial charge on any atom is -0.370 e. The van der Waals surface area contributed by atoms with E-state index in [-0.39, 0.29) is 11.7 Å². The van der Waals surface area contributed by atoms with Gasteiger partial charge in [0.15, 0.2) is 0 Å². The highest BCUT2D eigenvalue weighted by Crippen LogP contribution is 2.54. The summed E-state index contributed by atoms with van der Waals surface area (Å²) in [6, 6.07) is 4.48. The topological polar surface area (TPSA) is 58.6 Å². The lowest BCUT2D eigenvalue weighted by molar-refractivity contribution is 0.00227. The summed E-state index contributed by atoms with van der Waals surface area (Å²) in [4.78, 5) is 5.36. The van der Waals surface area contributed by atoms with Crippen molar-refractivity contribution in [3.8, 4) is 0 Å². The zero-order valence-electron chi connectivity index (χ0n) is 14.3. The summed E-state index contributed by atoms with van der Waals surface area (Å²) >= 11 is 1.91. The minimum atomic E-state index is -3.14. The largest absolute Gasteiger partial charge is 0.370 e. The van der Waals surface area contributed by atoms with Gasteiger partial charge in [-0.1, -0.05) is 6.92 Å². The Morgan fingerprint density at radius 3 is 2.92 bits per heavy atom. The number of rotatable bonds is 6. The number of nitrogens with one attached hydrogen (secondary N) is 1. The van der Waals surface area contributed by atoms with E-state index < -0.39 is 10.0 Å². The van der Waals surface area contributed by atoms with E-state index in [1.165, 1.54) is 16.0 Å². The van der Waals surface area contributed by atoms with Gasteiger partial charge in [-0.15, -0.1) is 11.3 Å². The zero-order valence-corrected chi connectivity index (χ0v) is 16.0. The van der Waals surface area contributed by atoms with E-state index in [9.17, 15) is 8.42 Å². The maximum Gasteiger partial charge on any atom is 0.208 e. The fourth-order valence-electron chi connectivity index (χ4n) is 4.85. The summed E-state index contributed by atoms with van der Waals surface area (Å²) < 4.78 is 32.0. The molecule has 4 rings (SSSR count). The Kier molecular flexibility index (Phi) is 4.28. The summed E-state index contributed by atoms with van der Waals surface area (Å²) in [5.41, 5.74) is -0.0284. The first-order valence-corrected chi connectivity index (χ1v) is 11.5. The number of nitrogens with zero attached hydrogens (tertiary/aromatic N) is 1. The molecule has 134 valence electrons. The van der Waals surface area contributed by atoms with Crippen LogP contribution >= 0.6 is 11.3 Å². The quantitative estimate of drug-likeness (QED) is 0.830. The van der Waals surface area contributed by atoms with Crippen LogP contribution in [0.15, 0.2) is 12.1 Å². The van der Waals surface area contributed by atoms with Crippen LogP contribution in [0.25, 0.3) is 0 Å². The van der Waals surface area contributed by atoms with Gasteiger partial charge in [0.1, 0.15) is 0 Å². The summed E-state index contributed by atoms with van der Waals surface area (Å²) in [5.74, 6) is 0.768. The Hall–Kier alpha value is -0.470. The monoisotopic (exact) mass is 370 g/mol. The van der Waals surface area contributed by atoms with Gasteiger partial charge in [-0.25, -0.2) is 13.1 Å². The van der Waals surface area contributed by atoms with E-state index >= 15 is 0 Å². The van der Waals surface area contributed by atoms with E-state index in [0.717, 1.165) is 38.9 Å². The molecule has 0 amide bonds. The molecule has 24 heavy (non-hydrogen) atoms. The van der Waals surface area contributed by atoms with E-state index in [1.54, 1.807) is 0 Å². The number of fused-ring (bicyclic) bond motifs is 1. The molecular weight excluding hydrogens is 344 g/mol. The van der Waals surface area contributed by atoms with Crippen molar-refractivity contribution < 1.29 is 13.2 Å². The molecule has 7 heteroatoms. The van der Waals surface area contributed by atoms with E-state index in [2.05, 4.69) is 28.7 Å². The summed E-state index contributed by atoms with van der Waals surface area (Å²) in [5, 5.41) is 0. The maximum atomic E-state index is 11.5. The number of sulfonamides is 1. The number of hydrogen-bond donors (Lipinski definition) is 1. The highest BCUT2D eigenvalue weighted by Gasteiger charge is 2.62. The minimum absolute atomic E-state index is 0.0284. The molecule has 0 unspecified atom stereocenters. The SMILES string of the molecule is CCc1ccc(CN2C[C@@H]3[C@H](CNS(C)(=O)=O)[C@H]4CC[C@]3(C2)O4)s1. The van der Waals surface area contributed by atoms with Gasteiger partial charge in [0.25, 0.3) is 0 Å². The van der Waals surface area contributed by atoms with Crippen LogP contribution in [-0.4, -0.2) is 50.9 Å². The normalized spacial score (nSPS) is 35.7. The van der Waals surface area contributed by atoms with E-state index in [4.69, 9.17) is 4.74 Å². The molecule has 3 aliphatic heterocycles. The average Bonchev–Trinajstić information content (AvgIpc) is 3.23. The van der Waals surface area contributed by atoms with Crippen LogP contribution in [0.2, 0.25) is 0 Å². The second-order valence-electron chi connectivity index (χ2n) is 7.54. The maximum absolute atomic E-state index is 11.5. The fourth-order valence-corrected chi connectivity index (χ4v) is 6.34. The van der Waals surface area contributed by atoms with Gasteiger partial charge in [-0.05, 0) is 31.4 Å². The lowest BCUT2D eigenvalue weighted by Gasteiger charge is -2.29. The van der Waals surface area contributed by atoms with Crippen molar-refractivity contribution in [3.05, 3.63) is 21.9 Å². The van der Waals surface area contributed by atoms with Gasteiger partial charge in [0.05, 0.1) is 18.0 Å². The molecule has 4 atom stereocenters. The first-order chi connectivity index (χ1) is 11.4. The van der Waals surface area contributed by atoms with Gasteiger partial charge < -0.3 is 4.74 Å². The van der Waals surface area contributed by atoms with Crippen LogP contribution in [0.5, 0.6) is 0 Å². The molecule has 3 fully saturated rings. The Balaban J connectivity index is 1.44. The molecule has 3 aliphatic rings. The summed E-state index contributed by atoms with van der Waals surface area (Å²) in [6.07, 6.45) is 4.76. The fraction of sp³-hybridized carbons (Fsp3) is 0.765. The highest BCUT2D eigenvalue weighted by molar-refractivity contribution is 7.88. The molecule has 0 radical (unpaired) electrons. The molecule has 1 spiro atoms. The highest BCUT2D eigenvalue weighted by atomic mass is 32.2. The number of ether oxygens (including phenoxy) is 1. The number of thiophene rings is 1. The molecule has 3 saturated heterocycles. The molecule has 4 heterocycles. The number of likely N-dealkylation sites (tertiary alicyclic amines) is 1. The van der Waals surface area contributed by atoms with Crippen molar-refractivity contribution in [2.75, 3.05) is 25.9 Å². The first-order valence-electron chi connectivity index (χ1n) is 8.81. The third-order valence-corrected chi connectivity index (χ3v) is 7.79. The van der Waals surface area contributed by atoms with Gasteiger partial charge in [0.2, 0.25) is 10.0 Å². The Bertz CT molecular complexity index is 717. The van der Waals surface area contributed by atoms with Crippen LogP contribution in [0.4, 0.5) is 0 Å². The van der Waals surface area contributed by atoms with Crippen molar-refractivity contribution in [1.82, 2.24) is 9.62 Å². The molecule has 2 bridgehead atoms. The first kappa shape index (κ1) is 17.0. The zero-order chi connectivity index (χ0) is 16.9. The molecule has 5 nitrogen and oxygen atoms in total. The average molecular weight is 371 g/mol. The second-order valence-corrected chi connectivity index (χ2v) is 10.6. The molecule has 0 aromatic carbocycles. The van der Waals surface area contributed by atoms with Gasteiger partial charge >= 0.3 is 0 Å². The molecule has 1 aromatic rings. The smallest absolute Gasteiger partial charge is 0.208 e. The third kappa shape index (κ3) is 3.05. The van der Waals surface area contributed by atoms with Gasteiger partial charge in [-0.3, -0.25) is 4.90 Å². The van der Waals surface area contributed by atoms with Gasteiger partial charge in [-0.2, -0.15) is 0 Å². The lowest BCUT2D eigenvalue weighted by Crippen LogP contribution is -2.41. The Labute approximate surface area is 148 Å². The molecular formula is C17H26N2O3S2. The summed E-state index contributed by atoms with van der Waals surface area (Å²) in [6.45, 7) is 5.71. The molecule has 1 aromatic heterocycles. The predicted molar refractivity (Wildman–Crippen MR) is 95.6 cm³/mol.